The van der Waals surface area contributed by atoms with Crippen LogP contribution in [0.3, 0.4) is 0 Å². The van der Waals surface area contributed by atoms with Crippen molar-refractivity contribution in [1.82, 2.24) is 10.4 Å². The molecular formula is C18H14ClN3O2S. The Bertz CT molecular complexity index is 889. The third kappa shape index (κ3) is 4.43. The molecule has 0 unspecified atom stereocenters. The predicted molar refractivity (Wildman–Crippen MR) is 101 cm³/mol. The number of ether oxygens (including phenoxy) is 1. The van der Waals surface area contributed by atoms with E-state index in [9.17, 15) is 4.79 Å². The van der Waals surface area contributed by atoms with E-state index >= 15 is 0 Å². The highest BCUT2D eigenvalue weighted by Crippen LogP contribution is 2.25. The molecule has 3 rings (SSSR count). The van der Waals surface area contributed by atoms with Gasteiger partial charge in [0.05, 0.1) is 13.3 Å². The highest BCUT2D eigenvalue weighted by atomic mass is 35.5. The Hall–Kier alpha value is -2.70. The lowest BCUT2D eigenvalue weighted by Crippen LogP contribution is -2.17. The van der Waals surface area contributed by atoms with E-state index in [1.165, 1.54) is 11.3 Å². The Morgan fingerprint density at radius 1 is 1.20 bits per heavy atom. The lowest BCUT2D eigenvalue weighted by Gasteiger charge is -1.99. The van der Waals surface area contributed by atoms with Crippen molar-refractivity contribution in [2.24, 2.45) is 5.10 Å². The number of benzene rings is 2. The Labute approximate surface area is 153 Å². The number of hydrogen-bond acceptors (Lipinski definition) is 5. The molecular weight excluding hydrogens is 358 g/mol. The molecule has 1 N–H and O–H groups in total. The first-order chi connectivity index (χ1) is 12.2. The van der Waals surface area contributed by atoms with Crippen molar-refractivity contribution in [3.63, 3.8) is 0 Å². The summed E-state index contributed by atoms with van der Waals surface area (Å²) in [7, 11) is 1.61. The van der Waals surface area contributed by atoms with Crippen LogP contribution in [0, 0.1) is 0 Å². The van der Waals surface area contributed by atoms with Crippen molar-refractivity contribution in [1.29, 1.82) is 0 Å². The highest BCUT2D eigenvalue weighted by Gasteiger charge is 2.11. The minimum absolute atomic E-state index is 0.321. The van der Waals surface area contributed by atoms with Gasteiger partial charge in [-0.25, -0.2) is 10.4 Å². The standard InChI is InChI=1S/C18H14ClN3O2S/c1-24-15-8-2-12(3-9-15)10-20-22-17(23)16-11-25-18(21-16)13-4-6-14(19)7-5-13/h2-11H,1H3,(H,22,23)/b20-10-. The smallest absolute Gasteiger partial charge is 0.290 e. The molecule has 2 aromatic carbocycles. The average molecular weight is 372 g/mol. The lowest BCUT2D eigenvalue weighted by molar-refractivity contribution is 0.0951. The van der Waals surface area contributed by atoms with Gasteiger partial charge in [-0.2, -0.15) is 5.10 Å². The fourth-order valence-electron chi connectivity index (χ4n) is 2.02. The Kier molecular flexibility index (Phi) is 5.42. The largest absolute Gasteiger partial charge is 0.497 e. The number of carbonyl (C=O) groups is 1. The van der Waals surface area contributed by atoms with Crippen LogP contribution in [0.15, 0.2) is 59.0 Å². The number of aromatic nitrogens is 1. The van der Waals surface area contributed by atoms with Gasteiger partial charge in [-0.1, -0.05) is 23.7 Å². The molecule has 0 bridgehead atoms. The van der Waals surface area contributed by atoms with Gasteiger partial charge in [-0.05, 0) is 42.0 Å². The van der Waals surface area contributed by atoms with Crippen LogP contribution >= 0.6 is 22.9 Å². The third-order valence-corrected chi connectivity index (χ3v) is 4.47. The fourth-order valence-corrected chi connectivity index (χ4v) is 2.95. The van der Waals surface area contributed by atoms with Crippen molar-refractivity contribution in [2.75, 3.05) is 7.11 Å². The monoisotopic (exact) mass is 371 g/mol. The maximum absolute atomic E-state index is 12.1. The summed E-state index contributed by atoms with van der Waals surface area (Å²) in [5, 5.41) is 7.05. The average Bonchev–Trinajstić information content (AvgIpc) is 3.13. The first-order valence-electron chi connectivity index (χ1n) is 7.34. The molecule has 0 aliphatic carbocycles. The van der Waals surface area contributed by atoms with Crippen LogP contribution in [0.5, 0.6) is 5.75 Å². The molecule has 0 fully saturated rings. The molecule has 0 aliphatic heterocycles. The molecule has 1 aromatic heterocycles. The number of thiazole rings is 1. The van der Waals surface area contributed by atoms with E-state index in [-0.39, 0.29) is 5.91 Å². The van der Waals surface area contributed by atoms with Crippen molar-refractivity contribution in [3.8, 4) is 16.3 Å². The molecule has 7 heteroatoms. The van der Waals surface area contributed by atoms with E-state index in [4.69, 9.17) is 16.3 Å². The number of amides is 1. The SMILES string of the molecule is COc1ccc(/C=N\NC(=O)c2csc(-c3ccc(Cl)cc3)n2)cc1. The number of halogens is 1. The summed E-state index contributed by atoms with van der Waals surface area (Å²) in [5.74, 6) is 0.402. The first kappa shape index (κ1) is 17.1. The lowest BCUT2D eigenvalue weighted by atomic mass is 10.2. The Morgan fingerprint density at radius 3 is 2.60 bits per heavy atom. The van der Waals surface area contributed by atoms with Crippen molar-refractivity contribution in [2.45, 2.75) is 0 Å². The van der Waals surface area contributed by atoms with E-state index in [0.29, 0.717) is 10.7 Å². The van der Waals surface area contributed by atoms with Crippen molar-refractivity contribution in [3.05, 3.63) is 70.2 Å². The second-order valence-corrected chi connectivity index (χ2v) is 6.31. The number of nitrogens with zero attached hydrogens (tertiary/aromatic N) is 2. The fraction of sp³-hybridized carbons (Fsp3) is 0.0556. The van der Waals surface area contributed by atoms with Crippen LogP contribution in [0.25, 0.3) is 10.6 Å². The molecule has 3 aromatic rings. The van der Waals surface area contributed by atoms with E-state index in [1.807, 2.05) is 36.4 Å². The van der Waals surface area contributed by atoms with Crippen LogP contribution in [0.4, 0.5) is 0 Å². The second kappa shape index (κ2) is 7.92. The summed E-state index contributed by atoms with van der Waals surface area (Å²) in [6.45, 7) is 0. The molecule has 0 saturated carbocycles. The molecule has 0 aliphatic rings. The number of hydrogen-bond donors (Lipinski definition) is 1. The van der Waals surface area contributed by atoms with Gasteiger partial charge in [-0.15, -0.1) is 11.3 Å². The molecule has 0 radical (unpaired) electrons. The van der Waals surface area contributed by atoms with Gasteiger partial charge in [0.2, 0.25) is 0 Å². The maximum atomic E-state index is 12.1. The van der Waals surface area contributed by atoms with E-state index in [0.717, 1.165) is 21.9 Å². The van der Waals surface area contributed by atoms with Crippen LogP contribution in [0.1, 0.15) is 16.1 Å². The van der Waals surface area contributed by atoms with E-state index in [1.54, 1.807) is 30.8 Å². The van der Waals surface area contributed by atoms with Gasteiger partial charge in [0.25, 0.3) is 5.91 Å². The summed E-state index contributed by atoms with van der Waals surface area (Å²) in [6.07, 6.45) is 1.56. The van der Waals surface area contributed by atoms with Crippen LogP contribution < -0.4 is 10.2 Å². The Morgan fingerprint density at radius 2 is 1.92 bits per heavy atom. The van der Waals surface area contributed by atoms with Crippen LogP contribution in [-0.4, -0.2) is 24.2 Å². The minimum Gasteiger partial charge on any atom is -0.497 e. The molecule has 1 heterocycles. The zero-order chi connectivity index (χ0) is 17.6. The second-order valence-electron chi connectivity index (χ2n) is 5.02. The van der Waals surface area contributed by atoms with Crippen molar-refractivity contribution >= 4 is 35.1 Å². The number of carbonyl (C=O) groups excluding carboxylic acids is 1. The van der Waals surface area contributed by atoms with Gasteiger partial charge in [0.1, 0.15) is 16.5 Å². The van der Waals surface area contributed by atoms with E-state index < -0.39 is 0 Å². The number of nitrogens with one attached hydrogen (secondary N) is 1. The molecule has 5 nitrogen and oxygen atoms in total. The molecule has 0 atom stereocenters. The van der Waals surface area contributed by atoms with Crippen molar-refractivity contribution < 1.29 is 9.53 Å². The predicted octanol–water partition coefficient (Wildman–Crippen LogP) is 4.24. The maximum Gasteiger partial charge on any atom is 0.290 e. The third-order valence-electron chi connectivity index (χ3n) is 3.32. The highest BCUT2D eigenvalue weighted by molar-refractivity contribution is 7.13. The summed E-state index contributed by atoms with van der Waals surface area (Å²) < 4.78 is 5.09. The van der Waals surface area contributed by atoms with Gasteiger partial charge in [0.15, 0.2) is 0 Å². The van der Waals surface area contributed by atoms with Crippen LogP contribution in [0.2, 0.25) is 5.02 Å². The van der Waals surface area contributed by atoms with Crippen LogP contribution in [-0.2, 0) is 0 Å². The summed E-state index contributed by atoms with van der Waals surface area (Å²) >= 11 is 7.27. The number of rotatable bonds is 5. The quantitative estimate of drug-likeness (QED) is 0.539. The molecule has 126 valence electrons. The summed E-state index contributed by atoms with van der Waals surface area (Å²) in [6, 6.07) is 14.6. The molecule has 0 saturated heterocycles. The first-order valence-corrected chi connectivity index (χ1v) is 8.60. The minimum atomic E-state index is -0.360. The topological polar surface area (TPSA) is 63.6 Å². The summed E-state index contributed by atoms with van der Waals surface area (Å²) in [5.41, 5.74) is 4.55. The molecule has 1 amide bonds. The normalized spacial score (nSPS) is 10.8. The molecule has 0 spiro atoms. The van der Waals surface area contributed by atoms with Gasteiger partial charge < -0.3 is 4.74 Å². The molecule has 25 heavy (non-hydrogen) atoms. The van der Waals surface area contributed by atoms with Gasteiger partial charge >= 0.3 is 0 Å². The Balaban J connectivity index is 1.63. The number of hydrazone groups is 1. The van der Waals surface area contributed by atoms with Gasteiger partial charge in [-0.3, -0.25) is 4.79 Å². The number of methoxy groups -OCH3 is 1. The van der Waals surface area contributed by atoms with E-state index in [2.05, 4.69) is 15.5 Å². The summed E-state index contributed by atoms with van der Waals surface area (Å²) in [4.78, 5) is 16.4. The zero-order valence-electron chi connectivity index (χ0n) is 13.3. The van der Waals surface area contributed by atoms with Gasteiger partial charge in [0, 0.05) is 16.0 Å². The zero-order valence-corrected chi connectivity index (χ0v) is 14.8.